The highest BCUT2D eigenvalue weighted by Crippen LogP contribution is 2.17. The minimum Gasteiger partial charge on any atom is -0.355 e. The summed E-state index contributed by atoms with van der Waals surface area (Å²) >= 11 is 7.70. The molecule has 0 saturated carbocycles. The van der Waals surface area contributed by atoms with Gasteiger partial charge in [0.05, 0.1) is 6.04 Å². The lowest BCUT2D eigenvalue weighted by Gasteiger charge is -2.18. The van der Waals surface area contributed by atoms with Gasteiger partial charge >= 0.3 is 0 Å². The van der Waals surface area contributed by atoms with Gasteiger partial charge in [-0.15, -0.1) is 0 Å². The zero-order valence-electron chi connectivity index (χ0n) is 14.0. The highest BCUT2D eigenvalue weighted by Gasteiger charge is 2.35. The van der Waals surface area contributed by atoms with Crippen LogP contribution >= 0.6 is 23.4 Å². The summed E-state index contributed by atoms with van der Waals surface area (Å²) in [5.41, 5.74) is 0.537. The number of rotatable bonds is 7. The molecule has 1 heterocycles. The fourth-order valence-corrected chi connectivity index (χ4v) is 3.48. The van der Waals surface area contributed by atoms with Gasteiger partial charge in [-0.2, -0.15) is 11.8 Å². The van der Waals surface area contributed by atoms with Crippen molar-refractivity contribution in [3.05, 3.63) is 34.9 Å². The standard InChI is InChI=1S/C17H24ClN3O2S/c1-21-11-14(10-15(21)17(23)19-7-4-8-24-2)20-16(22)12-5-3-6-13(18)9-12/h3,5-6,9,14-15H,4,7-8,10-11H2,1-2H3,(H,19,23)(H,20,22). The molecule has 1 aliphatic rings. The maximum Gasteiger partial charge on any atom is 0.251 e. The lowest BCUT2D eigenvalue weighted by molar-refractivity contribution is -0.125. The number of likely N-dealkylation sites (N-methyl/N-ethyl adjacent to an activating group) is 1. The predicted molar refractivity (Wildman–Crippen MR) is 99.7 cm³/mol. The van der Waals surface area contributed by atoms with Gasteiger partial charge in [0.1, 0.15) is 0 Å². The van der Waals surface area contributed by atoms with E-state index in [1.54, 1.807) is 36.0 Å². The van der Waals surface area contributed by atoms with Gasteiger partial charge in [0.15, 0.2) is 0 Å². The van der Waals surface area contributed by atoms with E-state index < -0.39 is 0 Å². The van der Waals surface area contributed by atoms with Crippen molar-refractivity contribution in [1.29, 1.82) is 0 Å². The number of nitrogens with one attached hydrogen (secondary N) is 2. The molecule has 2 unspecified atom stereocenters. The summed E-state index contributed by atoms with van der Waals surface area (Å²) in [5.74, 6) is 0.925. The lowest BCUT2D eigenvalue weighted by Crippen LogP contribution is -2.41. The smallest absolute Gasteiger partial charge is 0.251 e. The molecule has 0 aromatic heterocycles. The second-order valence-electron chi connectivity index (χ2n) is 6.01. The molecule has 2 amide bonds. The molecule has 1 aliphatic heterocycles. The number of carbonyl (C=O) groups excluding carboxylic acids is 2. The Bertz CT molecular complexity index is 585. The van der Waals surface area contributed by atoms with Crippen LogP contribution in [-0.4, -0.2) is 60.9 Å². The Labute approximate surface area is 152 Å². The molecular formula is C17H24ClN3O2S. The van der Waals surface area contributed by atoms with E-state index in [-0.39, 0.29) is 23.9 Å². The third kappa shape index (κ3) is 5.40. The average Bonchev–Trinajstić information content (AvgIpc) is 2.92. The maximum atomic E-state index is 12.3. The third-order valence-corrected chi connectivity index (χ3v) is 5.03. The number of amides is 2. The molecule has 1 aromatic carbocycles. The molecule has 132 valence electrons. The van der Waals surface area contributed by atoms with E-state index in [4.69, 9.17) is 11.6 Å². The first-order chi connectivity index (χ1) is 11.5. The van der Waals surface area contributed by atoms with Crippen molar-refractivity contribution in [2.75, 3.05) is 32.1 Å². The molecule has 2 rings (SSSR count). The van der Waals surface area contributed by atoms with E-state index in [0.29, 0.717) is 30.1 Å². The Balaban J connectivity index is 1.84. The molecule has 7 heteroatoms. The summed E-state index contributed by atoms with van der Waals surface area (Å²) in [6.45, 7) is 1.36. The van der Waals surface area contributed by atoms with E-state index in [1.807, 2.05) is 11.9 Å². The molecule has 1 saturated heterocycles. The lowest BCUT2D eigenvalue weighted by atomic mass is 10.1. The average molecular weight is 370 g/mol. The summed E-state index contributed by atoms with van der Waals surface area (Å²) in [5, 5.41) is 6.51. The molecule has 1 fully saturated rings. The minimum absolute atomic E-state index is 0.0385. The van der Waals surface area contributed by atoms with Gasteiger partial charge in [0, 0.05) is 29.7 Å². The Morgan fingerprint density at radius 1 is 1.42 bits per heavy atom. The topological polar surface area (TPSA) is 61.4 Å². The van der Waals surface area contributed by atoms with E-state index in [9.17, 15) is 9.59 Å². The summed E-state index contributed by atoms with van der Waals surface area (Å²) in [7, 11) is 1.91. The van der Waals surface area contributed by atoms with Gasteiger partial charge in [-0.25, -0.2) is 0 Å². The fraction of sp³-hybridized carbons (Fsp3) is 0.529. The summed E-state index contributed by atoms with van der Waals surface area (Å²) < 4.78 is 0. The maximum absolute atomic E-state index is 12.3. The predicted octanol–water partition coefficient (Wildman–Crippen LogP) is 2.01. The summed E-state index contributed by atoms with van der Waals surface area (Å²) in [4.78, 5) is 26.6. The molecule has 0 radical (unpaired) electrons. The van der Waals surface area contributed by atoms with Crippen LogP contribution in [0.5, 0.6) is 0 Å². The van der Waals surface area contributed by atoms with Crippen LogP contribution in [0.1, 0.15) is 23.2 Å². The number of halogens is 1. The second-order valence-corrected chi connectivity index (χ2v) is 7.43. The molecule has 2 N–H and O–H groups in total. The van der Waals surface area contributed by atoms with Crippen molar-refractivity contribution < 1.29 is 9.59 Å². The van der Waals surface area contributed by atoms with E-state index in [0.717, 1.165) is 12.2 Å². The second kappa shape index (κ2) is 9.30. The first-order valence-corrected chi connectivity index (χ1v) is 9.81. The SMILES string of the molecule is CSCCCNC(=O)C1CC(NC(=O)c2cccc(Cl)c2)CN1C. The summed E-state index contributed by atoms with van der Waals surface area (Å²) in [6, 6.07) is 6.64. The van der Waals surface area contributed by atoms with Gasteiger partial charge in [0.25, 0.3) is 5.91 Å². The number of likely N-dealkylation sites (tertiary alicyclic amines) is 1. The van der Waals surface area contributed by atoms with Crippen LogP contribution in [0, 0.1) is 0 Å². The van der Waals surface area contributed by atoms with Crippen LogP contribution in [0.15, 0.2) is 24.3 Å². The monoisotopic (exact) mass is 369 g/mol. The number of thioether (sulfide) groups is 1. The van der Waals surface area contributed by atoms with E-state index in [1.165, 1.54) is 0 Å². The Kier molecular flexibility index (Phi) is 7.40. The van der Waals surface area contributed by atoms with Crippen LogP contribution < -0.4 is 10.6 Å². The van der Waals surface area contributed by atoms with Crippen molar-refractivity contribution in [3.63, 3.8) is 0 Å². The third-order valence-electron chi connectivity index (χ3n) is 4.10. The zero-order valence-corrected chi connectivity index (χ0v) is 15.6. The van der Waals surface area contributed by atoms with Gasteiger partial charge in [-0.05, 0) is 50.1 Å². The van der Waals surface area contributed by atoms with Gasteiger partial charge < -0.3 is 10.6 Å². The van der Waals surface area contributed by atoms with Crippen LogP contribution in [-0.2, 0) is 4.79 Å². The van der Waals surface area contributed by atoms with E-state index >= 15 is 0 Å². The number of nitrogens with zero attached hydrogens (tertiary/aromatic N) is 1. The molecule has 0 aliphatic carbocycles. The Morgan fingerprint density at radius 2 is 2.21 bits per heavy atom. The number of carbonyl (C=O) groups is 2. The van der Waals surface area contributed by atoms with Crippen molar-refractivity contribution >= 4 is 35.2 Å². The first kappa shape index (κ1) is 19.1. The van der Waals surface area contributed by atoms with Crippen LogP contribution in [0.25, 0.3) is 0 Å². The van der Waals surface area contributed by atoms with Crippen LogP contribution in [0.3, 0.4) is 0 Å². The highest BCUT2D eigenvalue weighted by atomic mass is 35.5. The first-order valence-electron chi connectivity index (χ1n) is 8.04. The van der Waals surface area contributed by atoms with E-state index in [2.05, 4.69) is 16.9 Å². The van der Waals surface area contributed by atoms with Crippen molar-refractivity contribution in [2.24, 2.45) is 0 Å². The van der Waals surface area contributed by atoms with Crippen molar-refractivity contribution in [3.8, 4) is 0 Å². The highest BCUT2D eigenvalue weighted by molar-refractivity contribution is 7.98. The van der Waals surface area contributed by atoms with Gasteiger partial charge in [-0.1, -0.05) is 17.7 Å². The minimum atomic E-state index is -0.191. The quantitative estimate of drug-likeness (QED) is 0.722. The molecule has 5 nitrogen and oxygen atoms in total. The van der Waals surface area contributed by atoms with Gasteiger partial charge in [0.2, 0.25) is 5.91 Å². The van der Waals surface area contributed by atoms with Crippen LogP contribution in [0.4, 0.5) is 0 Å². The molecular weight excluding hydrogens is 346 g/mol. The summed E-state index contributed by atoms with van der Waals surface area (Å²) in [6.07, 6.45) is 3.65. The van der Waals surface area contributed by atoms with Crippen molar-refractivity contribution in [1.82, 2.24) is 15.5 Å². The van der Waals surface area contributed by atoms with Gasteiger partial charge in [-0.3, -0.25) is 14.5 Å². The Hall–Kier alpha value is -1.24. The molecule has 24 heavy (non-hydrogen) atoms. The Morgan fingerprint density at radius 3 is 2.92 bits per heavy atom. The zero-order chi connectivity index (χ0) is 17.5. The fourth-order valence-electron chi connectivity index (χ4n) is 2.85. The van der Waals surface area contributed by atoms with Crippen molar-refractivity contribution in [2.45, 2.75) is 24.9 Å². The normalized spacial score (nSPS) is 20.8. The largest absolute Gasteiger partial charge is 0.355 e. The molecule has 0 spiro atoms. The number of hydrogen-bond donors (Lipinski definition) is 2. The van der Waals surface area contributed by atoms with Crippen LogP contribution in [0.2, 0.25) is 5.02 Å². The molecule has 2 atom stereocenters. The molecule has 0 bridgehead atoms. The number of hydrogen-bond acceptors (Lipinski definition) is 4. The number of benzene rings is 1. The molecule has 1 aromatic rings.